The predicted octanol–water partition coefficient (Wildman–Crippen LogP) is 3.53. The summed E-state index contributed by atoms with van der Waals surface area (Å²) in [5, 5.41) is 0. The third-order valence-corrected chi connectivity index (χ3v) is 6.44. The number of piperidine rings is 1. The van der Waals surface area contributed by atoms with Gasteiger partial charge in [-0.1, -0.05) is 6.42 Å². The van der Waals surface area contributed by atoms with Gasteiger partial charge < -0.3 is 19.4 Å². The van der Waals surface area contributed by atoms with E-state index in [0.717, 1.165) is 44.0 Å². The van der Waals surface area contributed by atoms with Crippen molar-refractivity contribution in [2.45, 2.75) is 57.4 Å². The van der Waals surface area contributed by atoms with Crippen LogP contribution in [0.15, 0.2) is 24.3 Å². The molecule has 3 saturated heterocycles. The smallest absolute Gasteiger partial charge is 0.227 e. The second-order valence-electron chi connectivity index (χ2n) is 8.56. The van der Waals surface area contributed by atoms with Crippen molar-refractivity contribution < 1.29 is 9.53 Å². The molecule has 5 nitrogen and oxygen atoms in total. The number of amides is 1. The van der Waals surface area contributed by atoms with Crippen LogP contribution in [0.1, 0.15) is 51.4 Å². The fourth-order valence-electron chi connectivity index (χ4n) is 4.90. The average molecular weight is 386 g/mol. The van der Waals surface area contributed by atoms with Crippen molar-refractivity contribution in [3.05, 3.63) is 24.3 Å². The Bertz CT molecular complexity index is 621. The van der Waals surface area contributed by atoms with Crippen LogP contribution in [0.3, 0.4) is 0 Å². The van der Waals surface area contributed by atoms with Crippen LogP contribution >= 0.6 is 0 Å². The summed E-state index contributed by atoms with van der Waals surface area (Å²) in [4.78, 5) is 19.6. The van der Waals surface area contributed by atoms with Crippen molar-refractivity contribution in [1.82, 2.24) is 9.80 Å². The summed E-state index contributed by atoms with van der Waals surface area (Å²) >= 11 is 0. The Hall–Kier alpha value is -1.59. The number of carbonyl (C=O) groups excluding carboxylic acids is 1. The van der Waals surface area contributed by atoms with Gasteiger partial charge >= 0.3 is 0 Å². The van der Waals surface area contributed by atoms with Crippen molar-refractivity contribution in [3.63, 3.8) is 0 Å². The SMILES string of the molecule is O=C1CCC(CN2CCCC2)N1c1ccc(OCCCN2CCCCC2)cc1. The van der Waals surface area contributed by atoms with Gasteiger partial charge in [0.1, 0.15) is 5.75 Å². The van der Waals surface area contributed by atoms with Gasteiger partial charge in [-0.15, -0.1) is 0 Å². The maximum absolute atomic E-state index is 12.5. The molecule has 0 bridgehead atoms. The molecule has 3 heterocycles. The van der Waals surface area contributed by atoms with Crippen LogP contribution in [-0.2, 0) is 4.79 Å². The van der Waals surface area contributed by atoms with E-state index in [1.54, 1.807) is 0 Å². The van der Waals surface area contributed by atoms with E-state index in [0.29, 0.717) is 12.5 Å². The first kappa shape index (κ1) is 19.7. The number of ether oxygens (including phenoxy) is 1. The number of rotatable bonds is 8. The molecule has 0 spiro atoms. The molecule has 1 unspecified atom stereocenters. The largest absolute Gasteiger partial charge is 0.494 e. The number of hydrogen-bond acceptors (Lipinski definition) is 4. The third kappa shape index (κ3) is 5.06. The minimum Gasteiger partial charge on any atom is -0.494 e. The molecule has 1 aromatic rings. The second kappa shape index (κ2) is 9.75. The Kier molecular flexibility index (Phi) is 6.86. The minimum absolute atomic E-state index is 0.263. The van der Waals surface area contributed by atoms with Crippen molar-refractivity contribution >= 4 is 11.6 Å². The second-order valence-corrected chi connectivity index (χ2v) is 8.56. The lowest BCUT2D eigenvalue weighted by Gasteiger charge is -2.28. The van der Waals surface area contributed by atoms with Crippen LogP contribution in [0.5, 0.6) is 5.75 Å². The number of likely N-dealkylation sites (tertiary alicyclic amines) is 2. The molecule has 4 rings (SSSR count). The Labute approximate surface area is 169 Å². The van der Waals surface area contributed by atoms with Crippen molar-refractivity contribution in [2.24, 2.45) is 0 Å². The molecule has 0 radical (unpaired) electrons. The molecule has 5 heteroatoms. The third-order valence-electron chi connectivity index (χ3n) is 6.44. The molecule has 0 N–H and O–H groups in total. The standard InChI is InChI=1S/C23H35N3O2/c27-23-12-9-21(19-25-15-4-5-16-25)26(23)20-7-10-22(11-8-20)28-18-6-17-24-13-2-1-3-14-24/h7-8,10-11,21H,1-6,9,12-19H2. The Morgan fingerprint density at radius 3 is 2.32 bits per heavy atom. The molecule has 0 saturated carbocycles. The average Bonchev–Trinajstić information content (AvgIpc) is 3.37. The van der Waals surface area contributed by atoms with Crippen LogP contribution in [-0.4, -0.2) is 67.6 Å². The molecule has 3 aliphatic heterocycles. The van der Waals surface area contributed by atoms with Gasteiger partial charge in [0, 0.05) is 25.2 Å². The lowest BCUT2D eigenvalue weighted by atomic mass is 10.1. The van der Waals surface area contributed by atoms with Crippen LogP contribution in [0, 0.1) is 0 Å². The van der Waals surface area contributed by atoms with Crippen molar-refractivity contribution in [1.29, 1.82) is 0 Å². The highest BCUT2D eigenvalue weighted by molar-refractivity contribution is 5.96. The van der Waals surface area contributed by atoms with Crippen molar-refractivity contribution in [3.8, 4) is 5.75 Å². The summed E-state index contributed by atoms with van der Waals surface area (Å²) in [5.41, 5.74) is 1.02. The highest BCUT2D eigenvalue weighted by atomic mass is 16.5. The molecule has 1 atom stereocenters. The van der Waals surface area contributed by atoms with Crippen LogP contribution < -0.4 is 9.64 Å². The van der Waals surface area contributed by atoms with Crippen LogP contribution in [0.25, 0.3) is 0 Å². The van der Waals surface area contributed by atoms with E-state index in [1.807, 2.05) is 17.0 Å². The maximum Gasteiger partial charge on any atom is 0.227 e. The van der Waals surface area contributed by atoms with Gasteiger partial charge in [0.15, 0.2) is 0 Å². The van der Waals surface area contributed by atoms with Gasteiger partial charge in [0.25, 0.3) is 0 Å². The summed E-state index contributed by atoms with van der Waals surface area (Å²) in [7, 11) is 0. The zero-order chi connectivity index (χ0) is 19.2. The molecule has 28 heavy (non-hydrogen) atoms. The van der Waals surface area contributed by atoms with E-state index in [4.69, 9.17) is 4.74 Å². The number of carbonyl (C=O) groups is 1. The Morgan fingerprint density at radius 2 is 1.57 bits per heavy atom. The number of hydrogen-bond donors (Lipinski definition) is 0. The van der Waals surface area contributed by atoms with Crippen LogP contribution in [0.2, 0.25) is 0 Å². The molecular formula is C23H35N3O2. The number of benzene rings is 1. The first-order valence-electron chi connectivity index (χ1n) is 11.3. The van der Waals surface area contributed by atoms with Gasteiger partial charge in [-0.05, 0) is 89.0 Å². The Morgan fingerprint density at radius 1 is 0.893 bits per heavy atom. The first-order chi connectivity index (χ1) is 13.8. The summed E-state index contributed by atoms with van der Waals surface area (Å²) in [6.07, 6.45) is 9.39. The maximum atomic E-state index is 12.5. The normalized spacial score (nSPS) is 24.2. The van der Waals surface area contributed by atoms with E-state index >= 15 is 0 Å². The van der Waals surface area contributed by atoms with Gasteiger partial charge in [0.2, 0.25) is 5.91 Å². The van der Waals surface area contributed by atoms with E-state index in [-0.39, 0.29) is 5.91 Å². The lowest BCUT2D eigenvalue weighted by molar-refractivity contribution is -0.117. The highest BCUT2D eigenvalue weighted by Crippen LogP contribution is 2.29. The van der Waals surface area contributed by atoms with Gasteiger partial charge in [-0.3, -0.25) is 4.79 Å². The fraction of sp³-hybridized carbons (Fsp3) is 0.696. The molecule has 3 aliphatic rings. The van der Waals surface area contributed by atoms with E-state index in [1.165, 1.54) is 58.3 Å². The fourth-order valence-corrected chi connectivity index (χ4v) is 4.90. The van der Waals surface area contributed by atoms with Crippen molar-refractivity contribution in [2.75, 3.05) is 50.8 Å². The molecule has 154 valence electrons. The van der Waals surface area contributed by atoms with Crippen LogP contribution in [0.4, 0.5) is 5.69 Å². The zero-order valence-corrected chi connectivity index (χ0v) is 17.2. The van der Waals surface area contributed by atoms with Gasteiger partial charge in [-0.25, -0.2) is 0 Å². The molecule has 1 amide bonds. The van der Waals surface area contributed by atoms with E-state index < -0.39 is 0 Å². The summed E-state index contributed by atoms with van der Waals surface area (Å²) in [6.45, 7) is 7.77. The summed E-state index contributed by atoms with van der Waals surface area (Å²) in [6, 6.07) is 8.48. The van der Waals surface area contributed by atoms with E-state index in [9.17, 15) is 4.79 Å². The molecule has 0 aromatic heterocycles. The first-order valence-corrected chi connectivity index (χ1v) is 11.3. The van der Waals surface area contributed by atoms with Gasteiger partial charge in [0.05, 0.1) is 12.6 Å². The lowest BCUT2D eigenvalue weighted by Crippen LogP contribution is -2.41. The minimum atomic E-state index is 0.263. The Balaban J connectivity index is 1.26. The summed E-state index contributed by atoms with van der Waals surface area (Å²) < 4.78 is 5.94. The van der Waals surface area contributed by atoms with Gasteiger partial charge in [-0.2, -0.15) is 0 Å². The quantitative estimate of drug-likeness (QED) is 0.642. The summed E-state index contributed by atoms with van der Waals surface area (Å²) in [5.74, 6) is 1.17. The zero-order valence-electron chi connectivity index (χ0n) is 17.2. The topological polar surface area (TPSA) is 36.0 Å². The molecule has 0 aliphatic carbocycles. The predicted molar refractivity (Wildman–Crippen MR) is 113 cm³/mol. The van der Waals surface area contributed by atoms with E-state index in [2.05, 4.69) is 21.9 Å². The monoisotopic (exact) mass is 385 g/mol. The molecule has 1 aromatic carbocycles. The highest BCUT2D eigenvalue weighted by Gasteiger charge is 2.33. The number of nitrogens with zero attached hydrogens (tertiary/aromatic N) is 3. The molecular weight excluding hydrogens is 350 g/mol. The molecule has 3 fully saturated rings. The number of anilines is 1.